The molecule has 0 spiro atoms. The molecule has 2 aliphatic carbocycles. The van der Waals surface area contributed by atoms with Crippen LogP contribution in [0.4, 0.5) is 0 Å². The summed E-state index contributed by atoms with van der Waals surface area (Å²) in [6, 6.07) is 6.38. The quantitative estimate of drug-likeness (QED) is 0.773. The molecule has 1 nitrogen and oxygen atoms in total. The molecule has 0 bridgehead atoms. The molecular formula is C17H19NNa2. The number of pyridine rings is 1. The molecule has 2 aliphatic rings. The van der Waals surface area contributed by atoms with E-state index < -0.39 is 0 Å². The van der Waals surface area contributed by atoms with Crippen LogP contribution in [0.2, 0.25) is 0 Å². The molecule has 0 amide bonds. The van der Waals surface area contributed by atoms with E-state index in [1.54, 1.807) is 0 Å². The molecule has 0 unspecified atom stereocenters. The molecule has 0 saturated carbocycles. The Balaban J connectivity index is 0.000001000. The second kappa shape index (κ2) is 9.19. The van der Waals surface area contributed by atoms with E-state index in [4.69, 9.17) is 4.98 Å². The summed E-state index contributed by atoms with van der Waals surface area (Å²) in [6.45, 7) is 0. The molecule has 0 aromatic carbocycles. The summed E-state index contributed by atoms with van der Waals surface area (Å²) < 4.78 is 0. The van der Waals surface area contributed by atoms with Gasteiger partial charge in [0.2, 0.25) is 0 Å². The van der Waals surface area contributed by atoms with Crippen LogP contribution in [0.5, 0.6) is 0 Å². The predicted octanol–water partition coefficient (Wildman–Crippen LogP) is 2.35. The number of allylic oxidation sites excluding steroid dienone is 8. The van der Waals surface area contributed by atoms with E-state index >= 15 is 0 Å². The molecule has 94 valence electrons. The van der Waals surface area contributed by atoms with Crippen molar-refractivity contribution in [2.45, 2.75) is 12.8 Å². The van der Waals surface area contributed by atoms with Crippen LogP contribution in [0.25, 0.3) is 0 Å². The molecule has 0 fully saturated rings. The Morgan fingerprint density at radius 3 is 1.50 bits per heavy atom. The first kappa shape index (κ1) is 18.2. The van der Waals surface area contributed by atoms with Gasteiger partial charge in [-0.05, 0) is 25.0 Å². The zero-order valence-electron chi connectivity index (χ0n) is 10.4. The van der Waals surface area contributed by atoms with Crippen molar-refractivity contribution >= 4 is 59.1 Å². The fourth-order valence-electron chi connectivity index (χ4n) is 2.47. The van der Waals surface area contributed by atoms with Crippen LogP contribution in [-0.4, -0.2) is 64.1 Å². The van der Waals surface area contributed by atoms with Crippen LogP contribution in [-0.2, 0) is 12.8 Å². The van der Waals surface area contributed by atoms with Crippen LogP contribution in [0, 0.1) is 11.8 Å². The molecule has 0 atom stereocenters. The Morgan fingerprint density at radius 2 is 1.10 bits per heavy atom. The van der Waals surface area contributed by atoms with Gasteiger partial charge in [-0.25, -0.2) is 0 Å². The summed E-state index contributed by atoms with van der Waals surface area (Å²) in [5.41, 5.74) is 2.39. The van der Waals surface area contributed by atoms with Crippen LogP contribution >= 0.6 is 0 Å². The van der Waals surface area contributed by atoms with Gasteiger partial charge in [0, 0.05) is 23.2 Å². The fraction of sp³-hybridized carbons (Fsp3) is 0.235. The van der Waals surface area contributed by atoms with E-state index in [0.717, 1.165) is 12.8 Å². The molecule has 1 aromatic rings. The van der Waals surface area contributed by atoms with Gasteiger partial charge in [0.05, 0.1) is 0 Å². The molecular weight excluding hydrogens is 264 g/mol. The standard InChI is InChI=1S/C17H17N.2Na.2H/c1-2-7-14(6-1)12-16-10-5-11-17(18-16)13-15-8-3-4-9-15;;;;/h1-11,14-15H,12-13H2;;;;. The van der Waals surface area contributed by atoms with Gasteiger partial charge in [-0.15, -0.1) is 0 Å². The van der Waals surface area contributed by atoms with E-state index in [2.05, 4.69) is 66.8 Å². The van der Waals surface area contributed by atoms with Gasteiger partial charge in [0.1, 0.15) is 0 Å². The van der Waals surface area contributed by atoms with Gasteiger partial charge in [-0.2, -0.15) is 0 Å². The number of hydrogen-bond acceptors (Lipinski definition) is 1. The summed E-state index contributed by atoms with van der Waals surface area (Å²) >= 11 is 0. The molecule has 20 heavy (non-hydrogen) atoms. The van der Waals surface area contributed by atoms with Crippen molar-refractivity contribution in [3.05, 3.63) is 78.2 Å². The van der Waals surface area contributed by atoms with Crippen LogP contribution in [0.15, 0.2) is 66.8 Å². The van der Waals surface area contributed by atoms with E-state index in [1.165, 1.54) is 11.4 Å². The molecule has 1 aromatic heterocycles. The number of nitrogens with zero attached hydrogens (tertiary/aromatic N) is 1. The van der Waals surface area contributed by atoms with Crippen molar-refractivity contribution in [2.24, 2.45) is 11.8 Å². The van der Waals surface area contributed by atoms with E-state index in [9.17, 15) is 0 Å². The van der Waals surface area contributed by atoms with Gasteiger partial charge in [0.15, 0.2) is 0 Å². The summed E-state index contributed by atoms with van der Waals surface area (Å²) in [5.74, 6) is 1.05. The third kappa shape index (κ3) is 5.14. The van der Waals surface area contributed by atoms with E-state index in [-0.39, 0.29) is 59.1 Å². The van der Waals surface area contributed by atoms with Crippen LogP contribution in [0.1, 0.15) is 11.4 Å². The van der Waals surface area contributed by atoms with Gasteiger partial charge in [-0.1, -0.05) is 54.7 Å². The van der Waals surface area contributed by atoms with Crippen molar-refractivity contribution in [2.75, 3.05) is 0 Å². The number of rotatable bonds is 4. The summed E-state index contributed by atoms with van der Waals surface area (Å²) in [7, 11) is 0. The van der Waals surface area contributed by atoms with E-state index in [1.807, 2.05) is 0 Å². The molecule has 3 heteroatoms. The Kier molecular flexibility index (Phi) is 8.35. The Bertz CT molecular complexity index is 474. The summed E-state index contributed by atoms with van der Waals surface area (Å²) in [4.78, 5) is 4.76. The van der Waals surface area contributed by atoms with Crippen molar-refractivity contribution < 1.29 is 0 Å². The van der Waals surface area contributed by atoms with Crippen molar-refractivity contribution in [3.63, 3.8) is 0 Å². The zero-order valence-corrected chi connectivity index (χ0v) is 10.4. The fourth-order valence-corrected chi connectivity index (χ4v) is 2.47. The number of hydrogen-bond donors (Lipinski definition) is 0. The summed E-state index contributed by atoms with van der Waals surface area (Å²) in [5, 5.41) is 0. The third-order valence-corrected chi connectivity index (χ3v) is 3.41. The minimum atomic E-state index is 0. The van der Waals surface area contributed by atoms with E-state index in [0.29, 0.717) is 11.8 Å². The SMILES string of the molecule is C1=CC(Cc2cccc(CC3C=CC=C3)n2)C=C1.[NaH].[NaH]. The average Bonchev–Trinajstić information content (AvgIpc) is 3.03. The molecule has 0 saturated heterocycles. The Hall–Kier alpha value is 0.110. The topological polar surface area (TPSA) is 12.9 Å². The Labute approximate surface area is 165 Å². The maximum atomic E-state index is 4.76. The Morgan fingerprint density at radius 1 is 0.700 bits per heavy atom. The molecule has 0 radical (unpaired) electrons. The van der Waals surface area contributed by atoms with Crippen molar-refractivity contribution in [1.29, 1.82) is 0 Å². The predicted molar refractivity (Wildman–Crippen MR) is 89.5 cm³/mol. The monoisotopic (exact) mass is 283 g/mol. The second-order valence-electron chi connectivity index (χ2n) is 4.90. The van der Waals surface area contributed by atoms with Crippen LogP contribution < -0.4 is 0 Å². The first-order valence-electron chi connectivity index (χ1n) is 6.55. The third-order valence-electron chi connectivity index (χ3n) is 3.41. The molecule has 0 aliphatic heterocycles. The average molecular weight is 283 g/mol. The normalized spacial score (nSPS) is 16.4. The van der Waals surface area contributed by atoms with Gasteiger partial charge in [0.25, 0.3) is 0 Å². The van der Waals surface area contributed by atoms with Crippen molar-refractivity contribution in [1.82, 2.24) is 4.98 Å². The molecule has 3 rings (SSSR count). The van der Waals surface area contributed by atoms with Gasteiger partial charge >= 0.3 is 59.1 Å². The summed E-state index contributed by atoms with van der Waals surface area (Å²) in [6.07, 6.45) is 19.4. The minimum absolute atomic E-state index is 0. The molecule has 0 N–H and O–H groups in total. The maximum absolute atomic E-state index is 4.76. The second-order valence-corrected chi connectivity index (χ2v) is 4.90. The van der Waals surface area contributed by atoms with Crippen molar-refractivity contribution in [3.8, 4) is 0 Å². The van der Waals surface area contributed by atoms with Gasteiger partial charge < -0.3 is 0 Å². The van der Waals surface area contributed by atoms with Crippen LogP contribution in [0.3, 0.4) is 0 Å². The number of aromatic nitrogens is 1. The first-order valence-corrected chi connectivity index (χ1v) is 6.55. The molecule has 1 heterocycles. The first-order chi connectivity index (χ1) is 8.90. The van der Waals surface area contributed by atoms with Gasteiger partial charge in [-0.3, -0.25) is 4.98 Å². The zero-order chi connectivity index (χ0) is 12.2.